The number of para-hydroxylation sites is 1. The number of amides is 1. The van der Waals surface area contributed by atoms with Crippen LogP contribution in [-0.2, 0) is 31.0 Å². The average molecular weight is 1350 g/mol. The minimum absolute atomic E-state index is 0.273. The minimum atomic E-state index is 0.273. The van der Waals surface area contributed by atoms with Gasteiger partial charge in [-0.25, -0.2) is 0 Å². The van der Waals surface area contributed by atoms with Gasteiger partial charge in [-0.2, -0.15) is 0 Å². The SMILES string of the molecule is Cc1cc(-c2cc3ccccc3o2)ccc1CNC12CC3CC(CC(C3)C1)C2.Cc1cc(-c2ccccc2)ccc1CNC12CC3CC(CC(C3)C1)C2.Cc1cc(-c2ccoc2)ccc1CNC12CC3CC(CC(C3)C1)C2.O=C1CCCN1c1ccc(CNC23CC4CC(CC(C4)C2)C3)cc1. The van der Waals surface area contributed by atoms with E-state index in [0.717, 1.165) is 127 Å². The molecule has 0 radical (unpaired) electrons. The van der Waals surface area contributed by atoms with Gasteiger partial charge in [-0.3, -0.25) is 4.79 Å². The highest BCUT2D eigenvalue weighted by atomic mass is 16.3. The van der Waals surface area contributed by atoms with E-state index in [4.69, 9.17) is 8.83 Å². The molecule has 6 aromatic carbocycles. The van der Waals surface area contributed by atoms with Crippen LogP contribution in [0.1, 0.15) is 206 Å². The van der Waals surface area contributed by atoms with Crippen molar-refractivity contribution < 1.29 is 13.6 Å². The van der Waals surface area contributed by atoms with Crippen molar-refractivity contribution in [2.45, 2.75) is 236 Å². The van der Waals surface area contributed by atoms with Crippen LogP contribution in [0.5, 0.6) is 0 Å². The summed E-state index contributed by atoms with van der Waals surface area (Å²) in [5.41, 5.74) is 19.9. The summed E-state index contributed by atoms with van der Waals surface area (Å²) >= 11 is 0. The Labute approximate surface area is 603 Å². The van der Waals surface area contributed by atoms with E-state index >= 15 is 0 Å². The Hall–Kier alpha value is -6.55. The monoisotopic (exact) mass is 1350 g/mol. The van der Waals surface area contributed by atoms with Crippen molar-refractivity contribution in [3.8, 4) is 33.6 Å². The number of hydrogen-bond donors (Lipinski definition) is 4. The van der Waals surface area contributed by atoms with Gasteiger partial charge in [-0.1, -0.05) is 109 Å². The number of anilines is 1. The molecule has 8 aromatic rings. The molecule has 101 heavy (non-hydrogen) atoms. The Morgan fingerprint density at radius 1 is 0.386 bits per heavy atom. The molecule has 1 aliphatic heterocycles. The van der Waals surface area contributed by atoms with Gasteiger partial charge in [0.1, 0.15) is 11.3 Å². The van der Waals surface area contributed by atoms with Gasteiger partial charge in [0.05, 0.1) is 12.5 Å². The highest BCUT2D eigenvalue weighted by Gasteiger charge is 2.54. The largest absolute Gasteiger partial charge is 0.472 e. The lowest BCUT2D eigenvalue weighted by Gasteiger charge is -2.57. The Kier molecular flexibility index (Phi) is 18.1. The average Bonchev–Trinajstić information content (AvgIpc) is 1.17. The van der Waals surface area contributed by atoms with E-state index in [1.54, 1.807) is 6.26 Å². The van der Waals surface area contributed by atoms with Crippen LogP contribution in [0.2, 0.25) is 0 Å². The summed E-state index contributed by atoms with van der Waals surface area (Å²) in [5.74, 6) is 13.3. The summed E-state index contributed by atoms with van der Waals surface area (Å²) in [4.78, 5) is 13.8. The van der Waals surface area contributed by atoms with Gasteiger partial charge >= 0.3 is 0 Å². The summed E-state index contributed by atoms with van der Waals surface area (Å²) < 4.78 is 11.3. The molecule has 3 heterocycles. The first-order chi connectivity index (χ1) is 49.2. The smallest absolute Gasteiger partial charge is 0.227 e. The van der Waals surface area contributed by atoms with Crippen molar-refractivity contribution in [3.05, 3.63) is 197 Å². The first kappa shape index (κ1) is 66.4. The fraction of sp³-hybridized carbons (Fsp3) is 0.538. The Bertz CT molecular complexity index is 4060. The first-order valence-corrected chi connectivity index (χ1v) is 40.5. The summed E-state index contributed by atoms with van der Waals surface area (Å²) in [5, 5.41) is 17.2. The van der Waals surface area contributed by atoms with Crippen LogP contribution in [-0.4, -0.2) is 34.6 Å². The fourth-order valence-electron chi connectivity index (χ4n) is 25.5. The van der Waals surface area contributed by atoms with Crippen molar-refractivity contribution >= 4 is 22.6 Å². The molecule has 528 valence electrons. The van der Waals surface area contributed by atoms with Crippen LogP contribution in [0, 0.1) is 91.8 Å². The third kappa shape index (κ3) is 14.2. The summed E-state index contributed by atoms with van der Waals surface area (Å²) in [6.07, 6.45) is 40.4. The number of hydrogen-bond acceptors (Lipinski definition) is 7. The van der Waals surface area contributed by atoms with E-state index in [-0.39, 0.29) is 5.91 Å². The van der Waals surface area contributed by atoms with Crippen LogP contribution < -0.4 is 26.2 Å². The number of benzene rings is 6. The quantitative estimate of drug-likeness (QED) is 0.0766. The van der Waals surface area contributed by atoms with E-state index < -0.39 is 0 Å². The lowest BCUT2D eigenvalue weighted by atomic mass is 9.53. The molecule has 2 aromatic heterocycles. The van der Waals surface area contributed by atoms with Crippen LogP contribution in [0.3, 0.4) is 0 Å². The van der Waals surface area contributed by atoms with E-state index in [9.17, 15) is 4.79 Å². The van der Waals surface area contributed by atoms with Crippen molar-refractivity contribution in [3.63, 3.8) is 0 Å². The second kappa shape index (κ2) is 27.5. The van der Waals surface area contributed by atoms with E-state index in [0.29, 0.717) is 28.6 Å². The molecule has 25 rings (SSSR count). The molecule has 16 saturated carbocycles. The Morgan fingerprint density at radius 3 is 1.16 bits per heavy atom. The predicted octanol–water partition coefficient (Wildman–Crippen LogP) is 21.4. The predicted molar refractivity (Wildman–Crippen MR) is 411 cm³/mol. The molecular weight excluding hydrogens is 1240 g/mol. The van der Waals surface area contributed by atoms with E-state index in [1.807, 2.05) is 29.4 Å². The van der Waals surface area contributed by atoms with Gasteiger partial charge in [0.2, 0.25) is 5.91 Å². The number of nitrogens with zero attached hydrogens (tertiary/aromatic N) is 1. The second-order valence-electron chi connectivity index (χ2n) is 36.5. The molecule has 8 nitrogen and oxygen atoms in total. The van der Waals surface area contributed by atoms with Gasteiger partial charge < -0.3 is 35.0 Å². The number of carbonyl (C=O) groups excluding carboxylic acids is 1. The summed E-state index contributed by atoms with van der Waals surface area (Å²) in [6, 6.07) is 52.4. The molecule has 0 atom stereocenters. The van der Waals surface area contributed by atoms with Crippen molar-refractivity contribution in [2.75, 3.05) is 11.4 Å². The maximum atomic E-state index is 11.9. The zero-order valence-corrected chi connectivity index (χ0v) is 61.0. The Morgan fingerprint density at radius 2 is 0.772 bits per heavy atom. The van der Waals surface area contributed by atoms with Gasteiger partial charge in [-0.05, 0) is 344 Å². The number of nitrogens with one attached hydrogen (secondary N) is 4. The lowest BCUT2D eigenvalue weighted by molar-refractivity contribution is -0.117. The van der Waals surface area contributed by atoms with Gasteiger partial charge in [0.25, 0.3) is 0 Å². The van der Waals surface area contributed by atoms with Gasteiger partial charge in [-0.15, -0.1) is 0 Å². The molecule has 17 aliphatic rings. The number of fused-ring (bicyclic) bond motifs is 1. The summed E-state index contributed by atoms with van der Waals surface area (Å²) in [6.45, 7) is 11.6. The number of rotatable bonds is 16. The molecule has 16 aliphatic carbocycles. The van der Waals surface area contributed by atoms with E-state index in [1.165, 1.54) is 226 Å². The molecule has 0 spiro atoms. The van der Waals surface area contributed by atoms with E-state index in [2.05, 4.69) is 169 Å². The van der Waals surface area contributed by atoms with Crippen LogP contribution in [0.25, 0.3) is 44.5 Å². The molecule has 16 bridgehead atoms. The number of furan rings is 2. The lowest BCUT2D eigenvalue weighted by Crippen LogP contribution is -2.58. The zero-order chi connectivity index (χ0) is 67.9. The van der Waals surface area contributed by atoms with Crippen molar-refractivity contribution in [1.82, 2.24) is 21.3 Å². The molecule has 1 amide bonds. The fourth-order valence-corrected chi connectivity index (χ4v) is 25.5. The molecule has 0 unspecified atom stereocenters. The standard InChI is InChI=1S/C26H29NO.C24H29N.C22H27NO.C21H28N2O/c1-17-8-22(25-12-21-4-2-3-5-24(21)28-25)6-7-23(17)16-27-26-13-18-9-19(14-26)11-20(10-18)15-26;1-17-9-22(21-5-3-2-4-6-21)7-8-23(17)16-25-24-13-18-10-19(14-24)12-20(11-18)15-24;1-15-6-19(21-4-5-24-14-21)2-3-20(15)13-23-22-10-16-7-17(11-22)9-18(8-16)12-22;24-20-2-1-7-23(20)19-5-3-15(4-6-19)14-22-21-11-16-8-17(12-21)10-18(9-16)13-21/h2-8,12,18-20,27H,9-11,13-16H2,1H3;2-9,18-20,25H,10-16H2,1H3;2-6,14,16-18,23H,7-13H2,1H3;3-6,16-18,22H,1-2,7-14H2. The van der Waals surface area contributed by atoms with Crippen LogP contribution in [0.15, 0.2) is 167 Å². The highest BCUT2D eigenvalue weighted by Crippen LogP contribution is 2.59. The van der Waals surface area contributed by atoms with Gasteiger partial charge in [0.15, 0.2) is 0 Å². The molecular formula is C93H113N5O3. The molecule has 1 saturated heterocycles. The molecule has 4 N–H and O–H groups in total. The maximum absolute atomic E-state index is 11.9. The van der Waals surface area contributed by atoms with Crippen LogP contribution in [0.4, 0.5) is 5.69 Å². The topological polar surface area (TPSA) is 94.7 Å². The third-order valence-electron chi connectivity index (χ3n) is 28.8. The van der Waals surface area contributed by atoms with Crippen molar-refractivity contribution in [2.24, 2.45) is 71.0 Å². The maximum Gasteiger partial charge on any atom is 0.227 e. The Balaban J connectivity index is 0.0000000969. The zero-order valence-electron chi connectivity index (χ0n) is 61.0. The number of aryl methyl sites for hydroxylation is 3. The second-order valence-corrected chi connectivity index (χ2v) is 36.5. The van der Waals surface area contributed by atoms with Gasteiger partial charge in [0, 0.05) is 83.5 Å². The first-order valence-electron chi connectivity index (χ1n) is 40.5. The highest BCUT2D eigenvalue weighted by molar-refractivity contribution is 5.95. The normalized spacial score (nSPS) is 33.7. The minimum Gasteiger partial charge on any atom is -0.472 e. The van der Waals surface area contributed by atoms with Crippen LogP contribution >= 0.6 is 0 Å². The van der Waals surface area contributed by atoms with Crippen molar-refractivity contribution in [1.29, 1.82) is 0 Å². The number of carbonyl (C=O) groups is 1. The summed E-state index contributed by atoms with van der Waals surface area (Å²) in [7, 11) is 0. The third-order valence-corrected chi connectivity index (χ3v) is 28.8. The molecule has 8 heteroatoms. The molecule has 17 fully saturated rings.